The molecular formula is C17H27NS. The van der Waals surface area contributed by atoms with Crippen LogP contribution in [0.25, 0.3) is 0 Å². The summed E-state index contributed by atoms with van der Waals surface area (Å²) in [4.78, 5) is 1.45. The Morgan fingerprint density at radius 3 is 2.84 bits per heavy atom. The Bertz CT molecular complexity index is 391. The van der Waals surface area contributed by atoms with Crippen LogP contribution in [0.1, 0.15) is 57.6 Å². The third kappa shape index (κ3) is 4.00. The molecule has 3 atom stereocenters. The van der Waals surface area contributed by atoms with Crippen molar-refractivity contribution in [2.45, 2.75) is 62.1 Å². The van der Waals surface area contributed by atoms with Gasteiger partial charge >= 0.3 is 0 Å². The maximum atomic E-state index is 3.32. The standard InChI is InChI=1S/C17H27NS/c1-4-14-8-5-6-11-17(14)19-16-10-7-9-15(12-16)13(2)18-3/h7,9-10,12-14,17-18H,4-6,8,11H2,1-3H3. The molecule has 19 heavy (non-hydrogen) atoms. The van der Waals surface area contributed by atoms with Gasteiger partial charge < -0.3 is 5.32 Å². The van der Waals surface area contributed by atoms with Crippen LogP contribution in [0.3, 0.4) is 0 Å². The first-order valence-corrected chi connectivity index (χ1v) is 8.56. The molecule has 1 nitrogen and oxygen atoms in total. The average Bonchev–Trinajstić information content (AvgIpc) is 2.47. The van der Waals surface area contributed by atoms with E-state index in [1.165, 1.54) is 42.6 Å². The van der Waals surface area contributed by atoms with Crippen molar-refractivity contribution in [1.29, 1.82) is 0 Å². The third-order valence-electron chi connectivity index (χ3n) is 4.44. The lowest BCUT2D eigenvalue weighted by Gasteiger charge is -2.30. The van der Waals surface area contributed by atoms with Crippen LogP contribution in [0.5, 0.6) is 0 Å². The molecule has 0 aliphatic heterocycles. The van der Waals surface area contributed by atoms with Gasteiger partial charge in [-0.15, -0.1) is 11.8 Å². The van der Waals surface area contributed by atoms with Crippen LogP contribution in [-0.4, -0.2) is 12.3 Å². The van der Waals surface area contributed by atoms with Gasteiger partial charge in [0.2, 0.25) is 0 Å². The van der Waals surface area contributed by atoms with E-state index in [9.17, 15) is 0 Å². The van der Waals surface area contributed by atoms with Gasteiger partial charge in [-0.25, -0.2) is 0 Å². The van der Waals surface area contributed by atoms with Crippen LogP contribution in [0.4, 0.5) is 0 Å². The highest BCUT2D eigenvalue weighted by molar-refractivity contribution is 8.00. The Kier molecular flexibility index (Phi) is 5.77. The molecule has 1 aliphatic rings. The number of nitrogens with one attached hydrogen (secondary N) is 1. The van der Waals surface area contributed by atoms with Crippen molar-refractivity contribution in [1.82, 2.24) is 5.32 Å². The topological polar surface area (TPSA) is 12.0 Å². The molecule has 1 fully saturated rings. The molecule has 0 amide bonds. The zero-order valence-corrected chi connectivity index (χ0v) is 13.3. The largest absolute Gasteiger partial charge is 0.313 e. The Balaban J connectivity index is 2.05. The summed E-state index contributed by atoms with van der Waals surface area (Å²) in [6.45, 7) is 4.57. The molecule has 0 aromatic heterocycles. The van der Waals surface area contributed by atoms with Crippen LogP contribution < -0.4 is 5.32 Å². The second kappa shape index (κ2) is 7.35. The molecular weight excluding hydrogens is 250 g/mol. The molecule has 1 aliphatic carbocycles. The van der Waals surface area contributed by atoms with Gasteiger partial charge in [-0.05, 0) is 50.4 Å². The van der Waals surface area contributed by atoms with Gasteiger partial charge in [0, 0.05) is 16.2 Å². The van der Waals surface area contributed by atoms with Crippen molar-refractivity contribution in [2.24, 2.45) is 5.92 Å². The number of benzene rings is 1. The normalized spacial score (nSPS) is 25.2. The first-order chi connectivity index (χ1) is 9.24. The van der Waals surface area contributed by atoms with E-state index in [0.29, 0.717) is 6.04 Å². The van der Waals surface area contributed by atoms with Crippen molar-refractivity contribution in [2.75, 3.05) is 7.05 Å². The quantitative estimate of drug-likeness (QED) is 0.810. The van der Waals surface area contributed by atoms with E-state index in [1.54, 1.807) is 0 Å². The van der Waals surface area contributed by atoms with Crippen molar-refractivity contribution >= 4 is 11.8 Å². The van der Waals surface area contributed by atoms with Crippen molar-refractivity contribution in [3.8, 4) is 0 Å². The molecule has 2 rings (SSSR count). The summed E-state index contributed by atoms with van der Waals surface area (Å²) in [5.41, 5.74) is 1.40. The van der Waals surface area contributed by atoms with E-state index in [0.717, 1.165) is 11.2 Å². The predicted molar refractivity (Wildman–Crippen MR) is 85.8 cm³/mol. The fraction of sp³-hybridized carbons (Fsp3) is 0.647. The minimum atomic E-state index is 0.439. The molecule has 106 valence electrons. The molecule has 0 bridgehead atoms. The second-order valence-corrected chi connectivity index (χ2v) is 7.00. The van der Waals surface area contributed by atoms with Crippen molar-refractivity contribution in [3.63, 3.8) is 0 Å². The Morgan fingerprint density at radius 2 is 2.11 bits per heavy atom. The lowest BCUT2D eigenvalue weighted by atomic mass is 9.87. The third-order valence-corrected chi connectivity index (χ3v) is 5.89. The van der Waals surface area contributed by atoms with Gasteiger partial charge in [0.05, 0.1) is 0 Å². The summed E-state index contributed by atoms with van der Waals surface area (Å²) in [7, 11) is 2.03. The summed E-state index contributed by atoms with van der Waals surface area (Å²) in [6, 6.07) is 9.51. The highest BCUT2D eigenvalue weighted by Gasteiger charge is 2.24. The predicted octanol–water partition coefficient (Wildman–Crippen LogP) is 5.03. The number of thioether (sulfide) groups is 1. The first kappa shape index (κ1) is 14.9. The van der Waals surface area contributed by atoms with E-state index in [2.05, 4.69) is 55.2 Å². The summed E-state index contributed by atoms with van der Waals surface area (Å²) >= 11 is 2.11. The maximum Gasteiger partial charge on any atom is 0.0289 e. The monoisotopic (exact) mass is 277 g/mol. The molecule has 0 saturated heterocycles. The molecule has 1 aromatic carbocycles. The number of hydrogen-bond donors (Lipinski definition) is 1. The van der Waals surface area contributed by atoms with Gasteiger partial charge in [0.1, 0.15) is 0 Å². The summed E-state index contributed by atoms with van der Waals surface area (Å²) < 4.78 is 0. The molecule has 1 N–H and O–H groups in total. The molecule has 2 heteroatoms. The number of hydrogen-bond acceptors (Lipinski definition) is 2. The van der Waals surface area contributed by atoms with E-state index >= 15 is 0 Å². The molecule has 1 saturated carbocycles. The van der Waals surface area contributed by atoms with E-state index < -0.39 is 0 Å². The van der Waals surface area contributed by atoms with Gasteiger partial charge in [-0.3, -0.25) is 0 Å². The fourth-order valence-electron chi connectivity index (χ4n) is 2.99. The van der Waals surface area contributed by atoms with E-state index in [4.69, 9.17) is 0 Å². The molecule has 0 spiro atoms. The summed E-state index contributed by atoms with van der Waals surface area (Å²) in [6.07, 6.45) is 7.02. The lowest BCUT2D eigenvalue weighted by molar-refractivity contribution is 0.361. The summed E-state index contributed by atoms with van der Waals surface area (Å²) in [5, 5.41) is 4.16. The van der Waals surface area contributed by atoms with Crippen molar-refractivity contribution < 1.29 is 0 Å². The lowest BCUT2D eigenvalue weighted by Crippen LogP contribution is -2.21. The second-order valence-electron chi connectivity index (χ2n) is 5.69. The van der Waals surface area contributed by atoms with Gasteiger partial charge in [-0.2, -0.15) is 0 Å². The first-order valence-electron chi connectivity index (χ1n) is 7.68. The molecule has 0 radical (unpaired) electrons. The van der Waals surface area contributed by atoms with Gasteiger partial charge in [-0.1, -0.05) is 38.3 Å². The van der Waals surface area contributed by atoms with Crippen LogP contribution in [0, 0.1) is 5.92 Å². The molecule has 3 unspecified atom stereocenters. The molecule has 1 aromatic rings. The van der Waals surface area contributed by atoms with Gasteiger partial charge in [0.25, 0.3) is 0 Å². The molecule has 0 heterocycles. The average molecular weight is 277 g/mol. The Hall–Kier alpha value is -0.470. The fourth-order valence-corrected chi connectivity index (χ4v) is 4.51. The van der Waals surface area contributed by atoms with Crippen LogP contribution in [-0.2, 0) is 0 Å². The zero-order valence-electron chi connectivity index (χ0n) is 12.5. The SMILES string of the molecule is CCC1CCCCC1Sc1cccc(C(C)NC)c1. The van der Waals surface area contributed by atoms with E-state index in [-0.39, 0.29) is 0 Å². The van der Waals surface area contributed by atoms with E-state index in [1.807, 2.05) is 7.05 Å². The number of rotatable bonds is 5. The minimum Gasteiger partial charge on any atom is -0.313 e. The van der Waals surface area contributed by atoms with Crippen LogP contribution >= 0.6 is 11.8 Å². The highest BCUT2D eigenvalue weighted by Crippen LogP contribution is 2.39. The minimum absolute atomic E-state index is 0.439. The van der Waals surface area contributed by atoms with Crippen molar-refractivity contribution in [3.05, 3.63) is 29.8 Å². The highest BCUT2D eigenvalue weighted by atomic mass is 32.2. The van der Waals surface area contributed by atoms with Crippen LogP contribution in [0.2, 0.25) is 0 Å². The maximum absolute atomic E-state index is 3.32. The van der Waals surface area contributed by atoms with Crippen LogP contribution in [0.15, 0.2) is 29.2 Å². The van der Waals surface area contributed by atoms with Gasteiger partial charge in [0.15, 0.2) is 0 Å². The Morgan fingerprint density at radius 1 is 1.32 bits per heavy atom. The summed E-state index contributed by atoms with van der Waals surface area (Å²) in [5.74, 6) is 0.920. The zero-order chi connectivity index (χ0) is 13.7. The smallest absolute Gasteiger partial charge is 0.0289 e. The Labute approximate surface area is 122 Å².